The molecular formula is H3AlPSiZn. The average Bonchev–Trinajstić information content (AvgIpc) is 0. The maximum absolute atomic E-state index is 0. The minimum absolute atomic E-state index is 0. The zero-order chi connectivity index (χ0) is 0. The Hall–Kier alpha value is 1.80. The Kier molecular flexibility index (Phi) is 220. The number of hydrogen-bond acceptors (Lipinski definition) is 0. The summed E-state index contributed by atoms with van der Waals surface area (Å²) >= 11 is 0. The summed E-state index contributed by atoms with van der Waals surface area (Å²) in [5.74, 6) is 0. The summed E-state index contributed by atoms with van der Waals surface area (Å²) in [6, 6.07) is 0. The monoisotopic (exact) mass is 153 g/mol. The fourth-order valence-electron chi connectivity index (χ4n) is 0. The Labute approximate surface area is 57.6 Å². The van der Waals surface area contributed by atoms with E-state index in [1.54, 1.807) is 0 Å². The normalized spacial score (nSPS) is 0. The van der Waals surface area contributed by atoms with Crippen molar-refractivity contribution in [1.82, 2.24) is 0 Å². The van der Waals surface area contributed by atoms with E-state index in [2.05, 4.69) is 0 Å². The fraction of sp³-hybridized carbons (Fsp3) is 0. The number of hydrogen-bond donors (Lipinski definition) is 0. The van der Waals surface area contributed by atoms with Crippen molar-refractivity contribution in [3.05, 3.63) is 0 Å². The van der Waals surface area contributed by atoms with Crippen LogP contribution in [0.5, 0.6) is 0 Å². The van der Waals surface area contributed by atoms with Gasteiger partial charge in [-0.15, -0.1) is 0 Å². The summed E-state index contributed by atoms with van der Waals surface area (Å²) in [4.78, 5) is 0. The molecule has 7 radical (unpaired) electrons. The fourth-order valence-corrected chi connectivity index (χ4v) is 0. The smallest absolute Gasteiger partial charge is 0 e. The van der Waals surface area contributed by atoms with Gasteiger partial charge in [-0.2, -0.15) is 9.90 Å². The van der Waals surface area contributed by atoms with E-state index in [0.717, 1.165) is 0 Å². The minimum atomic E-state index is 0. The predicted molar refractivity (Wildman–Crippen MR) is 22.6 cm³/mol. The van der Waals surface area contributed by atoms with Crippen LogP contribution in [0.25, 0.3) is 0 Å². The van der Waals surface area contributed by atoms with Crippen LogP contribution >= 0.6 is 9.90 Å². The minimum Gasteiger partial charge on any atom is -0.153 e. The summed E-state index contributed by atoms with van der Waals surface area (Å²) < 4.78 is 0. The van der Waals surface area contributed by atoms with Gasteiger partial charge in [-0.1, -0.05) is 0 Å². The van der Waals surface area contributed by atoms with Crippen LogP contribution in [0.2, 0.25) is 0 Å². The van der Waals surface area contributed by atoms with Crippen molar-refractivity contribution in [2.75, 3.05) is 0 Å². The molecule has 0 N–H and O–H groups in total. The molecule has 0 aromatic rings. The van der Waals surface area contributed by atoms with Crippen LogP contribution < -0.4 is 0 Å². The Morgan fingerprint density at radius 2 is 1.00 bits per heavy atom. The standard InChI is InChI=1S/Al.H3P.Si.Zn/h;1H3;;. The van der Waals surface area contributed by atoms with Crippen molar-refractivity contribution < 1.29 is 19.5 Å². The van der Waals surface area contributed by atoms with E-state index in [0.29, 0.717) is 0 Å². The molecule has 1 unspecified atom stereocenters. The van der Waals surface area contributed by atoms with E-state index in [4.69, 9.17) is 0 Å². The van der Waals surface area contributed by atoms with Crippen LogP contribution in [-0.4, -0.2) is 28.3 Å². The molecule has 4 heavy (non-hydrogen) atoms. The van der Waals surface area contributed by atoms with Crippen LogP contribution in [0.15, 0.2) is 0 Å². The quantitative estimate of drug-likeness (QED) is 0.320. The van der Waals surface area contributed by atoms with E-state index in [9.17, 15) is 0 Å². The second kappa shape index (κ2) is 21.4. The van der Waals surface area contributed by atoms with Gasteiger partial charge in [0, 0.05) is 47.8 Å². The maximum Gasteiger partial charge on any atom is 0 e. The van der Waals surface area contributed by atoms with Gasteiger partial charge in [0.15, 0.2) is 0 Å². The van der Waals surface area contributed by atoms with Crippen molar-refractivity contribution in [3.8, 4) is 0 Å². The molecule has 0 aliphatic rings. The van der Waals surface area contributed by atoms with Crippen molar-refractivity contribution in [2.45, 2.75) is 0 Å². The Morgan fingerprint density at radius 1 is 1.00 bits per heavy atom. The average molecular weight is 154 g/mol. The molecule has 0 amide bonds. The van der Waals surface area contributed by atoms with Gasteiger partial charge < -0.3 is 0 Å². The van der Waals surface area contributed by atoms with Crippen LogP contribution in [0.1, 0.15) is 0 Å². The van der Waals surface area contributed by atoms with Gasteiger partial charge in [-0.3, -0.25) is 0 Å². The SMILES string of the molecule is P.[Al].[Si].[Zn]. The summed E-state index contributed by atoms with van der Waals surface area (Å²) in [5.41, 5.74) is 0. The van der Waals surface area contributed by atoms with E-state index in [1.807, 2.05) is 0 Å². The third-order valence-electron chi connectivity index (χ3n) is 0. The van der Waals surface area contributed by atoms with E-state index in [-0.39, 0.29) is 57.7 Å². The Bertz CT molecular complexity index is 8.00. The molecule has 0 aromatic heterocycles. The molecule has 0 bridgehead atoms. The van der Waals surface area contributed by atoms with Gasteiger partial charge in [-0.05, 0) is 0 Å². The van der Waals surface area contributed by atoms with E-state index >= 15 is 0 Å². The van der Waals surface area contributed by atoms with E-state index < -0.39 is 0 Å². The zero-order valence-electron chi connectivity index (χ0n) is 2.49. The predicted octanol–water partition coefficient (Wildman–Crippen LogP) is -0.706. The van der Waals surface area contributed by atoms with Gasteiger partial charge in [0.1, 0.15) is 0 Å². The molecular weight excluding hydrogens is 151 g/mol. The van der Waals surface area contributed by atoms with Crippen molar-refractivity contribution in [2.24, 2.45) is 0 Å². The van der Waals surface area contributed by atoms with Crippen molar-refractivity contribution in [1.29, 1.82) is 0 Å². The molecule has 0 rings (SSSR count). The Morgan fingerprint density at radius 3 is 1.00 bits per heavy atom. The second-order valence-electron chi connectivity index (χ2n) is 0. The molecule has 0 aliphatic carbocycles. The topological polar surface area (TPSA) is 0 Å². The van der Waals surface area contributed by atoms with Crippen molar-refractivity contribution in [3.63, 3.8) is 0 Å². The molecule has 17 valence electrons. The van der Waals surface area contributed by atoms with Gasteiger partial charge in [-0.25, -0.2) is 0 Å². The van der Waals surface area contributed by atoms with E-state index in [1.165, 1.54) is 0 Å². The first-order valence-electron chi connectivity index (χ1n) is 0. The summed E-state index contributed by atoms with van der Waals surface area (Å²) in [6.07, 6.45) is 0. The maximum atomic E-state index is 0. The largest absolute Gasteiger partial charge is 0.153 e. The molecule has 0 aliphatic heterocycles. The molecule has 0 spiro atoms. The van der Waals surface area contributed by atoms with Gasteiger partial charge >= 0.3 is 0 Å². The first kappa shape index (κ1) is 41.2. The van der Waals surface area contributed by atoms with Gasteiger partial charge in [0.05, 0.1) is 0 Å². The molecule has 0 aromatic carbocycles. The molecule has 0 fully saturated rings. The van der Waals surface area contributed by atoms with Crippen LogP contribution in [0, 0.1) is 0 Å². The second-order valence-corrected chi connectivity index (χ2v) is 0. The van der Waals surface area contributed by atoms with Gasteiger partial charge in [0.2, 0.25) is 0 Å². The zero-order valence-corrected chi connectivity index (χ0v) is 9.03. The first-order valence-corrected chi connectivity index (χ1v) is 0. The molecule has 4 heteroatoms. The molecule has 1 atom stereocenters. The summed E-state index contributed by atoms with van der Waals surface area (Å²) in [6.45, 7) is 0. The Balaban J connectivity index is 0. The number of rotatable bonds is 0. The molecule has 0 saturated heterocycles. The third-order valence-corrected chi connectivity index (χ3v) is 0. The molecule has 0 nitrogen and oxygen atoms in total. The molecule has 0 saturated carbocycles. The van der Waals surface area contributed by atoms with Crippen LogP contribution in [0.3, 0.4) is 0 Å². The van der Waals surface area contributed by atoms with Crippen molar-refractivity contribution >= 4 is 38.2 Å². The summed E-state index contributed by atoms with van der Waals surface area (Å²) in [5, 5.41) is 0. The van der Waals surface area contributed by atoms with Crippen LogP contribution in [0.4, 0.5) is 0 Å². The first-order chi connectivity index (χ1) is 0. The third kappa shape index (κ3) is 9.19. The molecule has 0 heterocycles. The van der Waals surface area contributed by atoms with Gasteiger partial charge in [0.25, 0.3) is 0 Å². The van der Waals surface area contributed by atoms with Crippen LogP contribution in [-0.2, 0) is 19.5 Å². The summed E-state index contributed by atoms with van der Waals surface area (Å²) in [7, 11) is 0.